The maximum absolute atomic E-state index is 12.6. The first-order valence-electron chi connectivity index (χ1n) is 6.94. The molecule has 0 bridgehead atoms. The summed E-state index contributed by atoms with van der Waals surface area (Å²) < 4.78 is 27.8. The van der Waals surface area contributed by atoms with Gasteiger partial charge in [-0.3, -0.25) is 4.72 Å². The summed E-state index contributed by atoms with van der Waals surface area (Å²) >= 11 is 1.28. The Kier molecular flexibility index (Phi) is 3.84. The zero-order valence-electron chi connectivity index (χ0n) is 12.6. The van der Waals surface area contributed by atoms with E-state index >= 15 is 0 Å². The van der Waals surface area contributed by atoms with Crippen molar-refractivity contribution in [1.82, 2.24) is 0 Å². The SMILES string of the molecule is Cc1sc(NS(=O)(=O)c2ccc3ccccc3c2)c(C#N)c1C. The van der Waals surface area contributed by atoms with Crippen LogP contribution in [0.2, 0.25) is 0 Å². The summed E-state index contributed by atoms with van der Waals surface area (Å²) in [7, 11) is -3.73. The van der Waals surface area contributed by atoms with Gasteiger partial charge in [-0.1, -0.05) is 30.3 Å². The highest BCUT2D eigenvalue weighted by molar-refractivity contribution is 7.93. The first-order chi connectivity index (χ1) is 10.9. The predicted octanol–water partition coefficient (Wildman–Crippen LogP) is 4.19. The first kappa shape index (κ1) is 15.5. The molecule has 1 N–H and O–H groups in total. The number of sulfonamides is 1. The lowest BCUT2D eigenvalue weighted by molar-refractivity contribution is 0.601. The number of thiophene rings is 1. The highest BCUT2D eigenvalue weighted by Crippen LogP contribution is 2.33. The van der Waals surface area contributed by atoms with Crippen LogP contribution in [0.1, 0.15) is 16.0 Å². The number of nitrogens with one attached hydrogen (secondary N) is 1. The van der Waals surface area contributed by atoms with Gasteiger partial charge in [-0.2, -0.15) is 5.26 Å². The molecule has 3 aromatic rings. The van der Waals surface area contributed by atoms with Crippen molar-refractivity contribution in [2.45, 2.75) is 18.7 Å². The molecule has 0 aliphatic carbocycles. The lowest BCUT2D eigenvalue weighted by atomic mass is 10.1. The minimum Gasteiger partial charge on any atom is -0.269 e. The lowest BCUT2D eigenvalue weighted by Crippen LogP contribution is -2.12. The van der Waals surface area contributed by atoms with Crippen molar-refractivity contribution in [1.29, 1.82) is 5.26 Å². The van der Waals surface area contributed by atoms with E-state index < -0.39 is 10.0 Å². The Morgan fingerprint density at radius 1 is 1.09 bits per heavy atom. The number of benzene rings is 2. The minimum absolute atomic E-state index is 0.184. The van der Waals surface area contributed by atoms with Gasteiger partial charge in [0.2, 0.25) is 0 Å². The molecule has 0 amide bonds. The summed E-state index contributed by atoms with van der Waals surface area (Å²) in [6, 6.07) is 14.6. The van der Waals surface area contributed by atoms with Gasteiger partial charge in [0.25, 0.3) is 10.0 Å². The Labute approximate surface area is 139 Å². The van der Waals surface area contributed by atoms with Gasteiger partial charge in [0, 0.05) is 4.88 Å². The molecule has 0 radical (unpaired) electrons. The number of rotatable bonds is 3. The summed E-state index contributed by atoms with van der Waals surface area (Å²) in [5, 5.41) is 11.4. The molecular formula is C17H14N2O2S2. The van der Waals surface area contributed by atoms with Crippen molar-refractivity contribution in [3.8, 4) is 6.07 Å². The molecule has 0 aliphatic rings. The van der Waals surface area contributed by atoms with Crippen molar-refractivity contribution < 1.29 is 8.42 Å². The highest BCUT2D eigenvalue weighted by Gasteiger charge is 2.20. The fourth-order valence-electron chi connectivity index (χ4n) is 2.35. The van der Waals surface area contributed by atoms with E-state index in [2.05, 4.69) is 10.8 Å². The third-order valence-electron chi connectivity index (χ3n) is 3.76. The standard InChI is InChI=1S/C17H14N2O2S2/c1-11-12(2)22-17(16(11)10-18)19-23(20,21)15-8-7-13-5-3-4-6-14(13)9-15/h3-9,19H,1-2H3. The number of hydrogen-bond donors (Lipinski definition) is 1. The third-order valence-corrected chi connectivity index (χ3v) is 6.35. The normalized spacial score (nSPS) is 11.3. The summed E-state index contributed by atoms with van der Waals surface area (Å²) in [6.07, 6.45) is 0. The van der Waals surface area contributed by atoms with Crippen molar-refractivity contribution in [3.05, 3.63) is 58.5 Å². The topological polar surface area (TPSA) is 70.0 Å². The molecule has 2 aromatic carbocycles. The molecule has 6 heteroatoms. The number of nitriles is 1. The zero-order chi connectivity index (χ0) is 16.6. The average molecular weight is 342 g/mol. The Morgan fingerprint density at radius 2 is 1.78 bits per heavy atom. The molecule has 23 heavy (non-hydrogen) atoms. The van der Waals surface area contributed by atoms with Crippen molar-refractivity contribution in [2.24, 2.45) is 0 Å². The van der Waals surface area contributed by atoms with Crippen LogP contribution in [-0.4, -0.2) is 8.42 Å². The van der Waals surface area contributed by atoms with Gasteiger partial charge in [0.1, 0.15) is 11.1 Å². The zero-order valence-corrected chi connectivity index (χ0v) is 14.3. The Bertz CT molecular complexity index is 1040. The van der Waals surface area contributed by atoms with Gasteiger partial charge >= 0.3 is 0 Å². The van der Waals surface area contributed by atoms with Crippen molar-refractivity contribution in [3.63, 3.8) is 0 Å². The van der Waals surface area contributed by atoms with E-state index in [9.17, 15) is 13.7 Å². The van der Waals surface area contributed by atoms with Crippen LogP contribution < -0.4 is 4.72 Å². The Hall–Kier alpha value is -2.36. The molecule has 0 unspecified atom stereocenters. The van der Waals surface area contributed by atoms with Crippen LogP contribution in [0.3, 0.4) is 0 Å². The second-order valence-electron chi connectivity index (χ2n) is 5.21. The van der Waals surface area contributed by atoms with Crippen LogP contribution >= 0.6 is 11.3 Å². The fourth-order valence-corrected chi connectivity index (χ4v) is 4.70. The van der Waals surface area contributed by atoms with Gasteiger partial charge in [0.15, 0.2) is 0 Å². The second-order valence-corrected chi connectivity index (χ2v) is 8.12. The Morgan fingerprint density at radius 3 is 2.48 bits per heavy atom. The fraction of sp³-hybridized carbons (Fsp3) is 0.118. The maximum Gasteiger partial charge on any atom is 0.262 e. The lowest BCUT2D eigenvalue weighted by Gasteiger charge is -2.08. The number of hydrogen-bond acceptors (Lipinski definition) is 4. The monoisotopic (exact) mass is 342 g/mol. The highest BCUT2D eigenvalue weighted by atomic mass is 32.2. The predicted molar refractivity (Wildman–Crippen MR) is 93.3 cm³/mol. The van der Waals surface area contributed by atoms with E-state index in [0.29, 0.717) is 10.6 Å². The van der Waals surface area contributed by atoms with Gasteiger partial charge in [-0.15, -0.1) is 11.3 Å². The summed E-state index contributed by atoms with van der Waals surface area (Å²) in [6.45, 7) is 3.69. The van der Waals surface area contributed by atoms with Crippen LogP contribution in [0.5, 0.6) is 0 Å². The quantitative estimate of drug-likeness (QED) is 0.776. The molecule has 1 heterocycles. The van der Waals surface area contributed by atoms with E-state index in [-0.39, 0.29) is 4.90 Å². The molecule has 3 rings (SSSR count). The van der Waals surface area contributed by atoms with Gasteiger partial charge < -0.3 is 0 Å². The smallest absolute Gasteiger partial charge is 0.262 e. The second kappa shape index (κ2) is 5.69. The molecule has 0 aliphatic heterocycles. The van der Waals surface area contributed by atoms with Gasteiger partial charge in [0.05, 0.1) is 10.5 Å². The molecule has 0 spiro atoms. The van der Waals surface area contributed by atoms with Crippen LogP contribution in [0.4, 0.5) is 5.00 Å². The largest absolute Gasteiger partial charge is 0.269 e. The van der Waals surface area contributed by atoms with E-state index in [4.69, 9.17) is 0 Å². The first-order valence-corrected chi connectivity index (χ1v) is 9.24. The van der Waals surface area contributed by atoms with Crippen LogP contribution in [0, 0.1) is 25.2 Å². The van der Waals surface area contributed by atoms with Gasteiger partial charge in [-0.05, 0) is 42.3 Å². The molecule has 0 atom stereocenters. The summed E-state index contributed by atoms with van der Waals surface area (Å²) in [5.74, 6) is 0. The van der Waals surface area contributed by atoms with Crippen molar-refractivity contribution >= 4 is 37.1 Å². The molecule has 0 fully saturated rings. The Balaban J connectivity index is 2.04. The maximum atomic E-state index is 12.6. The molecule has 116 valence electrons. The minimum atomic E-state index is -3.73. The third kappa shape index (κ3) is 2.81. The number of nitrogens with zero attached hydrogens (tertiary/aromatic N) is 1. The number of aryl methyl sites for hydroxylation is 1. The number of fused-ring (bicyclic) bond motifs is 1. The van der Waals surface area contributed by atoms with E-state index in [1.54, 1.807) is 18.2 Å². The van der Waals surface area contributed by atoms with Crippen LogP contribution in [-0.2, 0) is 10.0 Å². The number of anilines is 1. The van der Waals surface area contributed by atoms with Crippen molar-refractivity contribution in [2.75, 3.05) is 4.72 Å². The molecule has 1 aromatic heterocycles. The van der Waals surface area contributed by atoms with Crippen LogP contribution in [0.25, 0.3) is 10.8 Å². The molecule has 0 saturated heterocycles. The van der Waals surface area contributed by atoms with E-state index in [1.165, 1.54) is 11.3 Å². The summed E-state index contributed by atoms with van der Waals surface area (Å²) in [4.78, 5) is 1.11. The van der Waals surface area contributed by atoms with Crippen LogP contribution in [0.15, 0.2) is 47.4 Å². The average Bonchev–Trinajstić information content (AvgIpc) is 2.80. The van der Waals surface area contributed by atoms with E-state index in [1.807, 2.05) is 38.1 Å². The molecular weight excluding hydrogens is 328 g/mol. The molecule has 4 nitrogen and oxygen atoms in total. The van der Waals surface area contributed by atoms with Gasteiger partial charge in [-0.25, -0.2) is 8.42 Å². The summed E-state index contributed by atoms with van der Waals surface area (Å²) in [5.41, 5.74) is 1.20. The van der Waals surface area contributed by atoms with E-state index in [0.717, 1.165) is 21.2 Å². The molecule has 0 saturated carbocycles.